The number of benzene rings is 1. The second-order valence-electron chi connectivity index (χ2n) is 4.69. The largest absolute Gasteiger partial charge is 0.464 e. The Bertz CT molecular complexity index is 505. The molecular formula is C16H21NO2. The summed E-state index contributed by atoms with van der Waals surface area (Å²) < 4.78 is 11.5. The van der Waals surface area contributed by atoms with E-state index in [0.717, 1.165) is 18.1 Å². The fourth-order valence-corrected chi connectivity index (χ4v) is 2.05. The number of hydrogen-bond acceptors (Lipinski definition) is 3. The van der Waals surface area contributed by atoms with Gasteiger partial charge in [-0.05, 0) is 32.5 Å². The van der Waals surface area contributed by atoms with E-state index in [0.29, 0.717) is 6.61 Å². The maximum Gasteiger partial charge on any atom is 0.130 e. The maximum atomic E-state index is 5.85. The quantitative estimate of drug-likeness (QED) is 0.861. The molecule has 0 saturated carbocycles. The van der Waals surface area contributed by atoms with Crippen LogP contribution >= 0.6 is 0 Å². The van der Waals surface area contributed by atoms with Crippen LogP contribution < -0.4 is 5.32 Å². The molecule has 0 spiro atoms. The van der Waals surface area contributed by atoms with E-state index in [9.17, 15) is 0 Å². The summed E-state index contributed by atoms with van der Waals surface area (Å²) >= 11 is 0. The van der Waals surface area contributed by atoms with Gasteiger partial charge in [0.1, 0.15) is 18.1 Å². The zero-order chi connectivity index (χ0) is 13.7. The zero-order valence-corrected chi connectivity index (χ0v) is 11.8. The molecule has 3 nitrogen and oxygen atoms in total. The molecule has 2 rings (SSSR count). The van der Waals surface area contributed by atoms with Gasteiger partial charge in [0.2, 0.25) is 0 Å². The Balaban J connectivity index is 1.93. The van der Waals surface area contributed by atoms with Crippen molar-refractivity contribution in [3.05, 3.63) is 59.0 Å². The van der Waals surface area contributed by atoms with Gasteiger partial charge in [0.05, 0.1) is 6.10 Å². The summed E-state index contributed by atoms with van der Waals surface area (Å²) in [6.07, 6.45) is 0.0688. The molecule has 0 amide bonds. The van der Waals surface area contributed by atoms with Gasteiger partial charge in [0.15, 0.2) is 0 Å². The first-order valence-corrected chi connectivity index (χ1v) is 6.60. The lowest BCUT2D eigenvalue weighted by atomic mass is 10.1. The summed E-state index contributed by atoms with van der Waals surface area (Å²) in [5.74, 6) is 1.84. The molecule has 1 atom stereocenters. The first-order valence-electron chi connectivity index (χ1n) is 6.60. The highest BCUT2D eigenvalue weighted by Gasteiger charge is 2.10. The van der Waals surface area contributed by atoms with Crippen LogP contribution in [0.5, 0.6) is 0 Å². The third-order valence-electron chi connectivity index (χ3n) is 3.18. The summed E-state index contributed by atoms with van der Waals surface area (Å²) in [5.41, 5.74) is 2.37. The SMILES string of the molecule is CNCc1cc(COC(C)c2ccccc2)oc1C. The average molecular weight is 259 g/mol. The minimum Gasteiger partial charge on any atom is -0.464 e. The molecule has 1 aromatic carbocycles. The van der Waals surface area contributed by atoms with Crippen LogP contribution in [0.2, 0.25) is 0 Å². The van der Waals surface area contributed by atoms with Crippen LogP contribution in [0, 0.1) is 6.92 Å². The Kier molecular flexibility index (Phi) is 4.77. The lowest BCUT2D eigenvalue weighted by Crippen LogP contribution is -2.04. The summed E-state index contributed by atoms with van der Waals surface area (Å²) in [4.78, 5) is 0. The van der Waals surface area contributed by atoms with Crippen LogP contribution in [-0.4, -0.2) is 7.05 Å². The molecule has 0 saturated heterocycles. The molecular weight excluding hydrogens is 238 g/mol. The van der Waals surface area contributed by atoms with Gasteiger partial charge in [-0.2, -0.15) is 0 Å². The number of aryl methyl sites for hydroxylation is 1. The first-order chi connectivity index (χ1) is 9.20. The highest BCUT2D eigenvalue weighted by molar-refractivity contribution is 5.20. The number of ether oxygens (including phenoxy) is 1. The molecule has 102 valence electrons. The number of hydrogen-bond donors (Lipinski definition) is 1. The van der Waals surface area contributed by atoms with Gasteiger partial charge in [-0.15, -0.1) is 0 Å². The van der Waals surface area contributed by atoms with E-state index < -0.39 is 0 Å². The average Bonchev–Trinajstić information content (AvgIpc) is 2.78. The lowest BCUT2D eigenvalue weighted by molar-refractivity contribution is 0.0416. The molecule has 0 bridgehead atoms. The fourth-order valence-electron chi connectivity index (χ4n) is 2.05. The van der Waals surface area contributed by atoms with Crippen molar-refractivity contribution >= 4 is 0 Å². The fraction of sp³-hybridized carbons (Fsp3) is 0.375. The van der Waals surface area contributed by atoms with E-state index >= 15 is 0 Å². The van der Waals surface area contributed by atoms with E-state index in [2.05, 4.69) is 30.4 Å². The first kappa shape index (κ1) is 13.8. The molecule has 1 N–H and O–H groups in total. The Morgan fingerprint density at radius 2 is 2.00 bits per heavy atom. The highest BCUT2D eigenvalue weighted by atomic mass is 16.5. The van der Waals surface area contributed by atoms with Gasteiger partial charge in [0, 0.05) is 12.1 Å². The monoisotopic (exact) mass is 259 g/mol. The van der Waals surface area contributed by atoms with Gasteiger partial charge in [0.25, 0.3) is 0 Å². The molecule has 19 heavy (non-hydrogen) atoms. The predicted octanol–water partition coefficient (Wildman–Crippen LogP) is 3.59. The Morgan fingerprint density at radius 1 is 1.26 bits per heavy atom. The van der Waals surface area contributed by atoms with E-state index in [-0.39, 0.29) is 6.10 Å². The van der Waals surface area contributed by atoms with Crippen molar-refractivity contribution in [3.63, 3.8) is 0 Å². The molecule has 3 heteroatoms. The Labute approximate surface area is 114 Å². The molecule has 0 radical (unpaired) electrons. The minimum absolute atomic E-state index is 0.0688. The zero-order valence-electron chi connectivity index (χ0n) is 11.8. The van der Waals surface area contributed by atoms with Gasteiger partial charge in [-0.1, -0.05) is 30.3 Å². The minimum atomic E-state index is 0.0688. The Morgan fingerprint density at radius 3 is 2.68 bits per heavy atom. The van der Waals surface area contributed by atoms with Gasteiger partial charge in [-0.3, -0.25) is 0 Å². The number of nitrogens with one attached hydrogen (secondary N) is 1. The molecule has 0 aliphatic rings. The van der Waals surface area contributed by atoms with Gasteiger partial charge in [-0.25, -0.2) is 0 Å². The van der Waals surface area contributed by atoms with Crippen LogP contribution in [-0.2, 0) is 17.9 Å². The third kappa shape index (κ3) is 3.69. The Hall–Kier alpha value is -1.58. The van der Waals surface area contributed by atoms with Crippen LogP contribution in [0.3, 0.4) is 0 Å². The molecule has 0 fully saturated rings. The molecule has 1 aromatic heterocycles. The lowest BCUT2D eigenvalue weighted by Gasteiger charge is -2.12. The van der Waals surface area contributed by atoms with Crippen LogP contribution in [0.25, 0.3) is 0 Å². The topological polar surface area (TPSA) is 34.4 Å². The van der Waals surface area contributed by atoms with Crippen LogP contribution in [0.15, 0.2) is 40.8 Å². The highest BCUT2D eigenvalue weighted by Crippen LogP contribution is 2.20. The molecule has 0 aliphatic carbocycles. The van der Waals surface area contributed by atoms with E-state index in [1.807, 2.05) is 32.2 Å². The predicted molar refractivity (Wildman–Crippen MR) is 75.9 cm³/mol. The van der Waals surface area contributed by atoms with Crippen molar-refractivity contribution in [1.29, 1.82) is 0 Å². The van der Waals surface area contributed by atoms with Crippen molar-refractivity contribution in [2.45, 2.75) is 33.1 Å². The normalized spacial score (nSPS) is 12.6. The van der Waals surface area contributed by atoms with Crippen molar-refractivity contribution in [2.75, 3.05) is 7.05 Å². The van der Waals surface area contributed by atoms with Crippen molar-refractivity contribution < 1.29 is 9.15 Å². The van der Waals surface area contributed by atoms with Crippen molar-refractivity contribution in [3.8, 4) is 0 Å². The summed E-state index contributed by atoms with van der Waals surface area (Å²) in [7, 11) is 1.93. The molecule has 1 unspecified atom stereocenters. The molecule has 1 heterocycles. The smallest absolute Gasteiger partial charge is 0.130 e. The van der Waals surface area contributed by atoms with E-state index in [1.165, 1.54) is 11.1 Å². The molecule has 0 aliphatic heterocycles. The van der Waals surface area contributed by atoms with E-state index in [4.69, 9.17) is 9.15 Å². The standard InChI is InChI=1S/C16H21NO2/c1-12(14-7-5-4-6-8-14)18-11-16-9-15(10-17-3)13(2)19-16/h4-9,12,17H,10-11H2,1-3H3. The van der Waals surface area contributed by atoms with Crippen molar-refractivity contribution in [1.82, 2.24) is 5.32 Å². The third-order valence-corrected chi connectivity index (χ3v) is 3.18. The number of furan rings is 1. The second-order valence-corrected chi connectivity index (χ2v) is 4.69. The van der Waals surface area contributed by atoms with Crippen molar-refractivity contribution in [2.24, 2.45) is 0 Å². The summed E-state index contributed by atoms with van der Waals surface area (Å²) in [5, 5.41) is 3.13. The van der Waals surface area contributed by atoms with Crippen LogP contribution in [0.1, 0.15) is 35.7 Å². The van der Waals surface area contributed by atoms with E-state index in [1.54, 1.807) is 0 Å². The molecule has 2 aromatic rings. The maximum absolute atomic E-state index is 5.85. The second kappa shape index (κ2) is 6.55. The summed E-state index contributed by atoms with van der Waals surface area (Å²) in [6.45, 7) is 5.36. The number of rotatable bonds is 6. The van der Waals surface area contributed by atoms with Crippen LogP contribution in [0.4, 0.5) is 0 Å². The van der Waals surface area contributed by atoms with Gasteiger partial charge < -0.3 is 14.5 Å². The van der Waals surface area contributed by atoms with Gasteiger partial charge >= 0.3 is 0 Å². The summed E-state index contributed by atoms with van der Waals surface area (Å²) in [6, 6.07) is 12.3.